The number of halogens is 3. The average Bonchev–Trinajstić information content (AvgIpc) is 2.97. The van der Waals surface area contributed by atoms with Crippen LogP contribution in [0.15, 0.2) is 12.1 Å². The lowest BCUT2D eigenvalue weighted by atomic mass is 9.95. The highest BCUT2D eigenvalue weighted by atomic mass is 19.4. The van der Waals surface area contributed by atoms with Crippen molar-refractivity contribution < 1.29 is 32.6 Å². The second-order valence-electron chi connectivity index (χ2n) is 6.20. The molecule has 3 N–H and O–H groups in total. The molecule has 1 fully saturated rings. The minimum absolute atomic E-state index is 0.0345. The summed E-state index contributed by atoms with van der Waals surface area (Å²) in [6.07, 6.45) is -6.38. The zero-order valence-electron chi connectivity index (χ0n) is 14.7. The number of ether oxygens (including phenoxy) is 1. The summed E-state index contributed by atoms with van der Waals surface area (Å²) in [7, 11) is 1.05. The molecule has 1 heterocycles. The van der Waals surface area contributed by atoms with E-state index in [2.05, 4.69) is 4.74 Å². The van der Waals surface area contributed by atoms with Crippen LogP contribution in [0.3, 0.4) is 0 Å². The summed E-state index contributed by atoms with van der Waals surface area (Å²) in [6.45, 7) is 1.26. The third kappa shape index (κ3) is 3.13. The Labute approximate surface area is 153 Å². The van der Waals surface area contributed by atoms with Crippen molar-refractivity contribution in [1.29, 1.82) is 5.26 Å². The Kier molecular flexibility index (Phi) is 5.49. The maximum absolute atomic E-state index is 13.7. The smallest absolute Gasteiger partial charge is 0.419 e. The van der Waals surface area contributed by atoms with Crippen LogP contribution < -0.4 is 10.2 Å². The van der Waals surface area contributed by atoms with E-state index in [0.29, 0.717) is 0 Å². The summed E-state index contributed by atoms with van der Waals surface area (Å²) in [5.41, 5.74) is 3.28. The number of methoxy groups -OCH3 is 1. The molecule has 10 heteroatoms. The van der Waals surface area contributed by atoms with Gasteiger partial charge in [0.2, 0.25) is 6.04 Å². The molecule has 1 aliphatic heterocycles. The standard InChI is InChI=1S/C17H18F3N3O4/c1-3-10-11(5-4-9(8-21)13(10)17(18,19)20)23(16(22)26)7-6-12(24)14(23)15(25)27-2/h4-5,12,14,24H,3,6-7H2,1-2H3,(H-,22,26)/p+1. The second kappa shape index (κ2) is 7.17. The number of urea groups is 1. The molecule has 0 saturated carbocycles. The lowest BCUT2D eigenvalue weighted by molar-refractivity contribution is -0.147. The quantitative estimate of drug-likeness (QED) is 0.608. The van der Waals surface area contributed by atoms with Crippen molar-refractivity contribution in [3.63, 3.8) is 0 Å². The highest BCUT2D eigenvalue weighted by Crippen LogP contribution is 2.44. The molecule has 1 aromatic carbocycles. The molecule has 3 unspecified atom stereocenters. The molecule has 1 aromatic rings. The first-order valence-corrected chi connectivity index (χ1v) is 8.13. The SMILES string of the molecule is CCc1c([N+]2(C(N)=O)CCC(O)C2C(=O)OC)ccc(C#N)c1C(F)(F)F. The van der Waals surface area contributed by atoms with Crippen LogP contribution in [0, 0.1) is 11.3 Å². The number of hydrogen-bond acceptors (Lipinski definition) is 5. The van der Waals surface area contributed by atoms with Gasteiger partial charge in [-0.2, -0.15) is 22.9 Å². The molecule has 0 radical (unpaired) electrons. The number of esters is 1. The first-order chi connectivity index (χ1) is 12.6. The minimum Gasteiger partial charge on any atom is -0.465 e. The van der Waals surface area contributed by atoms with Crippen LogP contribution in [0.1, 0.15) is 30.0 Å². The number of alkyl halides is 3. The summed E-state index contributed by atoms with van der Waals surface area (Å²) < 4.78 is 44.6. The maximum atomic E-state index is 13.7. The van der Waals surface area contributed by atoms with Crippen LogP contribution in [0.25, 0.3) is 0 Å². The number of aliphatic hydroxyl groups is 1. The van der Waals surface area contributed by atoms with E-state index in [9.17, 15) is 27.9 Å². The summed E-state index contributed by atoms with van der Waals surface area (Å²) in [6, 6.07) is 1.05. The predicted molar refractivity (Wildman–Crippen MR) is 88.2 cm³/mol. The molecule has 7 nitrogen and oxygen atoms in total. The number of aliphatic hydroxyl groups excluding tert-OH is 1. The first kappa shape index (κ1) is 20.7. The summed E-state index contributed by atoms with van der Waals surface area (Å²) in [5, 5.41) is 19.3. The van der Waals surface area contributed by atoms with E-state index in [1.807, 2.05) is 0 Å². The molecule has 3 atom stereocenters. The van der Waals surface area contributed by atoms with E-state index >= 15 is 0 Å². The van der Waals surface area contributed by atoms with Crippen molar-refractivity contribution in [3.05, 3.63) is 28.8 Å². The highest BCUT2D eigenvalue weighted by Gasteiger charge is 2.59. The number of rotatable bonds is 3. The Morgan fingerprint density at radius 1 is 1.44 bits per heavy atom. The number of quaternary nitrogens is 1. The van der Waals surface area contributed by atoms with E-state index in [0.717, 1.165) is 13.2 Å². The van der Waals surface area contributed by atoms with Gasteiger partial charge in [-0.3, -0.25) is 0 Å². The average molecular weight is 386 g/mol. The second-order valence-corrected chi connectivity index (χ2v) is 6.20. The van der Waals surface area contributed by atoms with E-state index < -0.39 is 45.9 Å². The number of nitrogens with two attached hydrogens (primary N) is 1. The Morgan fingerprint density at radius 3 is 2.52 bits per heavy atom. The topological polar surface area (TPSA) is 113 Å². The van der Waals surface area contributed by atoms with Crippen molar-refractivity contribution in [2.45, 2.75) is 38.1 Å². The molecule has 1 aliphatic rings. The van der Waals surface area contributed by atoms with Crippen LogP contribution in [0.4, 0.5) is 23.7 Å². The van der Waals surface area contributed by atoms with Gasteiger partial charge in [-0.15, -0.1) is 0 Å². The van der Waals surface area contributed by atoms with Gasteiger partial charge in [-0.1, -0.05) is 6.92 Å². The number of nitriles is 1. The van der Waals surface area contributed by atoms with Crippen molar-refractivity contribution >= 4 is 17.7 Å². The molecular weight excluding hydrogens is 367 g/mol. The van der Waals surface area contributed by atoms with Crippen molar-refractivity contribution in [3.8, 4) is 6.07 Å². The maximum Gasteiger partial charge on any atom is 0.419 e. The molecular formula is C17H19F3N3O4+. The van der Waals surface area contributed by atoms with Gasteiger partial charge in [-0.25, -0.2) is 9.59 Å². The van der Waals surface area contributed by atoms with Crippen LogP contribution in [-0.4, -0.2) is 42.9 Å². The van der Waals surface area contributed by atoms with E-state index in [1.165, 1.54) is 19.1 Å². The fraction of sp³-hybridized carbons (Fsp3) is 0.471. The van der Waals surface area contributed by atoms with E-state index in [-0.39, 0.29) is 30.6 Å². The third-order valence-electron chi connectivity index (χ3n) is 4.93. The fourth-order valence-corrected chi connectivity index (χ4v) is 3.81. The summed E-state index contributed by atoms with van der Waals surface area (Å²) in [4.78, 5) is 24.7. The molecule has 0 aromatic heterocycles. The Bertz CT molecular complexity index is 819. The number of carbonyl (C=O) groups excluding carboxylic acids is 2. The molecule has 2 amide bonds. The Hall–Kier alpha value is -2.64. The molecule has 146 valence electrons. The van der Waals surface area contributed by atoms with Gasteiger partial charge in [0.1, 0.15) is 11.8 Å². The summed E-state index contributed by atoms with van der Waals surface area (Å²) in [5.74, 6) is -0.959. The fourth-order valence-electron chi connectivity index (χ4n) is 3.81. The Balaban J connectivity index is 2.90. The molecule has 27 heavy (non-hydrogen) atoms. The number of amides is 2. The third-order valence-corrected chi connectivity index (χ3v) is 4.93. The predicted octanol–water partition coefficient (Wildman–Crippen LogP) is 1.83. The summed E-state index contributed by atoms with van der Waals surface area (Å²) >= 11 is 0. The van der Waals surface area contributed by atoms with Gasteiger partial charge in [-0.05, 0) is 12.5 Å². The van der Waals surface area contributed by atoms with E-state index in [1.54, 1.807) is 0 Å². The van der Waals surface area contributed by atoms with Crippen LogP contribution in [0.2, 0.25) is 0 Å². The lowest BCUT2D eigenvalue weighted by Gasteiger charge is -2.36. The zero-order valence-corrected chi connectivity index (χ0v) is 14.7. The van der Waals surface area contributed by atoms with Crippen molar-refractivity contribution in [2.75, 3.05) is 13.7 Å². The van der Waals surface area contributed by atoms with Gasteiger partial charge in [0.15, 0.2) is 0 Å². The molecule has 2 rings (SSSR count). The molecule has 1 saturated heterocycles. The number of nitrogens with zero attached hydrogens (tertiary/aromatic N) is 2. The molecule has 0 bridgehead atoms. The first-order valence-electron chi connectivity index (χ1n) is 8.13. The monoisotopic (exact) mass is 386 g/mol. The largest absolute Gasteiger partial charge is 0.465 e. The normalized spacial score (nSPS) is 25.1. The Morgan fingerprint density at radius 2 is 2.07 bits per heavy atom. The minimum atomic E-state index is -4.85. The lowest BCUT2D eigenvalue weighted by Crippen LogP contribution is -2.65. The van der Waals surface area contributed by atoms with Gasteiger partial charge < -0.3 is 15.6 Å². The number of hydrogen-bond donors (Lipinski definition) is 2. The molecule has 0 aliphatic carbocycles. The van der Waals surface area contributed by atoms with Gasteiger partial charge in [0, 0.05) is 18.1 Å². The molecule has 0 spiro atoms. The number of benzene rings is 1. The number of primary amides is 1. The highest BCUT2D eigenvalue weighted by molar-refractivity contribution is 5.95. The zero-order chi connectivity index (χ0) is 20.6. The van der Waals surface area contributed by atoms with Crippen LogP contribution in [0.5, 0.6) is 0 Å². The van der Waals surface area contributed by atoms with Gasteiger partial charge >= 0.3 is 18.2 Å². The number of carbonyl (C=O) groups is 2. The van der Waals surface area contributed by atoms with Crippen LogP contribution >= 0.6 is 0 Å². The van der Waals surface area contributed by atoms with Crippen LogP contribution in [-0.2, 0) is 22.1 Å². The number of likely N-dealkylation sites (tertiary alicyclic amines) is 1. The van der Waals surface area contributed by atoms with Crippen molar-refractivity contribution in [2.24, 2.45) is 5.73 Å². The van der Waals surface area contributed by atoms with Gasteiger partial charge in [0.05, 0.1) is 30.9 Å². The van der Waals surface area contributed by atoms with E-state index in [4.69, 9.17) is 11.0 Å². The van der Waals surface area contributed by atoms with Gasteiger partial charge in [0.25, 0.3) is 0 Å². The van der Waals surface area contributed by atoms with Crippen molar-refractivity contribution in [1.82, 2.24) is 4.48 Å².